The lowest BCUT2D eigenvalue weighted by atomic mass is 9.96. The normalized spacial score (nSPS) is 14.4. The zero-order chi connectivity index (χ0) is 22.5. The summed E-state index contributed by atoms with van der Waals surface area (Å²) in [6.45, 7) is 5.40. The highest BCUT2D eigenvalue weighted by Gasteiger charge is 2.27. The summed E-state index contributed by atoms with van der Waals surface area (Å²) < 4.78 is 2.02. The summed E-state index contributed by atoms with van der Waals surface area (Å²) in [6.07, 6.45) is 5.06. The molecule has 166 valence electrons. The summed E-state index contributed by atoms with van der Waals surface area (Å²) in [6, 6.07) is 15.8. The lowest BCUT2D eigenvalue weighted by Gasteiger charge is -2.31. The lowest BCUT2D eigenvalue weighted by Crippen LogP contribution is -2.42. The summed E-state index contributed by atoms with van der Waals surface area (Å²) in [4.78, 5) is 31.6. The third kappa shape index (κ3) is 5.22. The van der Waals surface area contributed by atoms with Crippen molar-refractivity contribution >= 4 is 29.3 Å². The number of benzene rings is 2. The minimum absolute atomic E-state index is 0.0353. The molecule has 4 rings (SSSR count). The van der Waals surface area contributed by atoms with Crippen LogP contribution in [0, 0.1) is 19.8 Å². The van der Waals surface area contributed by atoms with Gasteiger partial charge in [-0.1, -0.05) is 36.0 Å². The van der Waals surface area contributed by atoms with E-state index in [1.165, 1.54) is 22.9 Å². The molecule has 0 spiro atoms. The zero-order valence-electron chi connectivity index (χ0n) is 18.5. The second kappa shape index (κ2) is 10.0. The van der Waals surface area contributed by atoms with Crippen molar-refractivity contribution in [1.82, 2.24) is 14.5 Å². The number of imidazole rings is 1. The van der Waals surface area contributed by atoms with Crippen LogP contribution >= 0.6 is 11.8 Å². The molecule has 0 saturated carbocycles. The number of carbonyl (C=O) groups is 2. The van der Waals surface area contributed by atoms with E-state index in [4.69, 9.17) is 0 Å². The van der Waals surface area contributed by atoms with E-state index in [-0.39, 0.29) is 17.7 Å². The number of amides is 2. The summed E-state index contributed by atoms with van der Waals surface area (Å²) in [5, 5.41) is 3.78. The minimum Gasteiger partial charge on any atom is -0.342 e. The van der Waals surface area contributed by atoms with Crippen molar-refractivity contribution in [3.63, 3.8) is 0 Å². The largest absolute Gasteiger partial charge is 0.342 e. The number of para-hydroxylation sites is 1. The van der Waals surface area contributed by atoms with Gasteiger partial charge in [0, 0.05) is 42.8 Å². The minimum atomic E-state index is -0.0596. The van der Waals surface area contributed by atoms with E-state index in [9.17, 15) is 9.59 Å². The molecule has 6 nitrogen and oxygen atoms in total. The highest BCUT2D eigenvalue weighted by atomic mass is 32.2. The van der Waals surface area contributed by atoms with Crippen molar-refractivity contribution in [3.05, 3.63) is 72.1 Å². The quantitative estimate of drug-likeness (QED) is 0.566. The Labute approximate surface area is 193 Å². The van der Waals surface area contributed by atoms with Gasteiger partial charge in [0.2, 0.25) is 11.8 Å². The van der Waals surface area contributed by atoms with E-state index < -0.39 is 0 Å². The second-order valence-corrected chi connectivity index (χ2v) is 9.09. The fourth-order valence-corrected chi connectivity index (χ4v) is 4.72. The number of nitrogens with zero attached hydrogens (tertiary/aromatic N) is 3. The van der Waals surface area contributed by atoms with Gasteiger partial charge in [-0.05, 0) is 62.1 Å². The maximum atomic E-state index is 12.8. The highest BCUT2D eigenvalue weighted by Crippen LogP contribution is 2.24. The molecule has 0 unspecified atom stereocenters. The van der Waals surface area contributed by atoms with Gasteiger partial charge >= 0.3 is 0 Å². The maximum Gasteiger partial charge on any atom is 0.233 e. The van der Waals surface area contributed by atoms with Gasteiger partial charge in [0.1, 0.15) is 0 Å². The standard InChI is InChI=1S/C25H28N4O2S/c1-18-8-9-22(16-19(18)2)29-15-12-26-25(29)32-17-23(30)28-13-10-20(11-14-28)24(31)27-21-6-4-3-5-7-21/h3-9,12,15-16,20H,10-11,13-14,17H2,1-2H3,(H,27,31). The van der Waals surface area contributed by atoms with Crippen LogP contribution in [0.3, 0.4) is 0 Å². The molecule has 0 radical (unpaired) electrons. The Hall–Kier alpha value is -3.06. The Balaban J connectivity index is 1.28. The molecular weight excluding hydrogens is 420 g/mol. The molecule has 1 aliphatic heterocycles. The molecule has 1 aromatic heterocycles. The van der Waals surface area contributed by atoms with E-state index in [1.54, 1.807) is 6.20 Å². The fraction of sp³-hybridized carbons (Fsp3) is 0.320. The molecule has 2 amide bonds. The lowest BCUT2D eigenvalue weighted by molar-refractivity contribution is -0.132. The van der Waals surface area contributed by atoms with Crippen LogP contribution in [0.15, 0.2) is 66.1 Å². The molecule has 2 heterocycles. The highest BCUT2D eigenvalue weighted by molar-refractivity contribution is 7.99. The number of aryl methyl sites for hydroxylation is 2. The molecule has 1 N–H and O–H groups in total. The first kappa shape index (κ1) is 22.1. The number of likely N-dealkylation sites (tertiary alicyclic amines) is 1. The fourth-order valence-electron chi connectivity index (χ4n) is 3.84. The molecule has 0 atom stereocenters. The number of rotatable bonds is 6. The number of nitrogens with one attached hydrogen (secondary N) is 1. The third-order valence-electron chi connectivity index (χ3n) is 5.96. The van der Waals surface area contributed by atoms with Crippen LogP contribution in [-0.4, -0.2) is 45.1 Å². The van der Waals surface area contributed by atoms with Crippen LogP contribution in [0.5, 0.6) is 0 Å². The molecule has 3 aromatic rings. The Morgan fingerprint density at radius 1 is 1.06 bits per heavy atom. The number of piperidine rings is 1. The number of carbonyl (C=O) groups excluding carboxylic acids is 2. The SMILES string of the molecule is Cc1ccc(-n2ccnc2SCC(=O)N2CCC(C(=O)Nc3ccccc3)CC2)cc1C. The summed E-state index contributed by atoms with van der Waals surface area (Å²) in [5.41, 5.74) is 4.33. The predicted octanol–water partition coefficient (Wildman–Crippen LogP) is 4.46. The van der Waals surface area contributed by atoms with Crippen molar-refractivity contribution in [3.8, 4) is 5.69 Å². The number of anilines is 1. The molecule has 0 bridgehead atoms. The van der Waals surface area contributed by atoms with Crippen molar-refractivity contribution in [2.45, 2.75) is 31.8 Å². The summed E-state index contributed by atoms with van der Waals surface area (Å²) in [7, 11) is 0. The average Bonchev–Trinajstić information content (AvgIpc) is 3.28. The average molecular weight is 449 g/mol. The predicted molar refractivity (Wildman–Crippen MR) is 128 cm³/mol. The number of aromatic nitrogens is 2. The first-order chi connectivity index (χ1) is 15.5. The van der Waals surface area contributed by atoms with Crippen molar-refractivity contribution in [1.29, 1.82) is 0 Å². The first-order valence-electron chi connectivity index (χ1n) is 10.9. The van der Waals surface area contributed by atoms with Gasteiger partial charge in [0.25, 0.3) is 0 Å². The summed E-state index contributed by atoms with van der Waals surface area (Å²) >= 11 is 1.45. The van der Waals surface area contributed by atoms with Crippen LogP contribution in [0.1, 0.15) is 24.0 Å². The van der Waals surface area contributed by atoms with E-state index in [1.807, 2.05) is 46.0 Å². The van der Waals surface area contributed by atoms with Gasteiger partial charge in [0.15, 0.2) is 5.16 Å². The molecule has 0 aliphatic carbocycles. The monoisotopic (exact) mass is 448 g/mol. The summed E-state index contributed by atoms with van der Waals surface area (Å²) in [5.74, 6) is 0.401. The van der Waals surface area contributed by atoms with Gasteiger partial charge in [0.05, 0.1) is 5.75 Å². The van der Waals surface area contributed by atoms with Crippen molar-refractivity contribution < 1.29 is 9.59 Å². The van der Waals surface area contributed by atoms with Gasteiger partial charge in [-0.15, -0.1) is 0 Å². The molecule has 1 fully saturated rings. The van der Waals surface area contributed by atoms with E-state index in [2.05, 4.69) is 42.3 Å². The van der Waals surface area contributed by atoms with Crippen LogP contribution < -0.4 is 5.32 Å². The van der Waals surface area contributed by atoms with Crippen molar-refractivity contribution in [2.75, 3.05) is 24.2 Å². The third-order valence-corrected chi connectivity index (χ3v) is 6.91. The molecule has 1 aliphatic rings. The van der Waals surface area contributed by atoms with Crippen LogP contribution in [-0.2, 0) is 9.59 Å². The van der Waals surface area contributed by atoms with Gasteiger partial charge < -0.3 is 10.2 Å². The van der Waals surface area contributed by atoms with Crippen LogP contribution in [0.2, 0.25) is 0 Å². The van der Waals surface area contributed by atoms with E-state index >= 15 is 0 Å². The zero-order valence-corrected chi connectivity index (χ0v) is 19.3. The number of thioether (sulfide) groups is 1. The van der Waals surface area contributed by atoms with Crippen molar-refractivity contribution in [2.24, 2.45) is 5.92 Å². The first-order valence-corrected chi connectivity index (χ1v) is 11.9. The van der Waals surface area contributed by atoms with Gasteiger partial charge in [-0.3, -0.25) is 14.2 Å². The van der Waals surface area contributed by atoms with Crippen LogP contribution in [0.4, 0.5) is 5.69 Å². The van der Waals surface area contributed by atoms with E-state index in [0.717, 1.165) is 16.5 Å². The van der Waals surface area contributed by atoms with E-state index in [0.29, 0.717) is 31.7 Å². The molecule has 1 saturated heterocycles. The molecule has 2 aromatic carbocycles. The number of hydrogen-bond acceptors (Lipinski definition) is 4. The Kier molecular flexibility index (Phi) is 6.95. The van der Waals surface area contributed by atoms with Gasteiger partial charge in [-0.2, -0.15) is 0 Å². The Bertz CT molecular complexity index is 1090. The Morgan fingerprint density at radius 3 is 2.53 bits per heavy atom. The topological polar surface area (TPSA) is 67.2 Å². The van der Waals surface area contributed by atoms with Gasteiger partial charge in [-0.25, -0.2) is 4.98 Å². The van der Waals surface area contributed by atoms with Crippen LogP contribution in [0.25, 0.3) is 5.69 Å². The molecular formula is C25H28N4O2S. The second-order valence-electron chi connectivity index (χ2n) is 8.15. The Morgan fingerprint density at radius 2 is 1.81 bits per heavy atom. The number of hydrogen-bond donors (Lipinski definition) is 1. The smallest absolute Gasteiger partial charge is 0.233 e. The maximum absolute atomic E-state index is 12.8. The molecule has 7 heteroatoms. The molecule has 32 heavy (non-hydrogen) atoms.